The van der Waals surface area contributed by atoms with Gasteiger partial charge in [0, 0.05) is 75.7 Å². The Morgan fingerprint density at radius 2 is 1.54 bits per heavy atom. The van der Waals surface area contributed by atoms with E-state index < -0.39 is 0 Å². The molecule has 2 aromatic carbocycles. The molecule has 39 heavy (non-hydrogen) atoms. The molecule has 9 nitrogen and oxygen atoms in total. The molecule has 0 atom stereocenters. The molecular weight excluding hydrogens is 488 g/mol. The van der Waals surface area contributed by atoms with E-state index in [4.69, 9.17) is 10.1 Å². The average Bonchev–Trinajstić information content (AvgIpc) is 3.70. The van der Waals surface area contributed by atoms with E-state index in [-0.39, 0.29) is 5.75 Å². The van der Waals surface area contributed by atoms with Crippen LogP contribution in [0.25, 0.3) is 27.9 Å². The third kappa shape index (κ3) is 5.43. The number of aromatic hydroxyl groups is 1. The first-order valence-corrected chi connectivity index (χ1v) is 13.8. The predicted molar refractivity (Wildman–Crippen MR) is 158 cm³/mol. The van der Waals surface area contributed by atoms with Crippen LogP contribution in [0.15, 0.2) is 54.7 Å². The summed E-state index contributed by atoms with van der Waals surface area (Å²) in [5, 5.41) is 18.4. The van der Waals surface area contributed by atoms with E-state index in [0.29, 0.717) is 6.54 Å². The minimum Gasteiger partial charge on any atom is -0.508 e. The lowest BCUT2D eigenvalue weighted by Crippen LogP contribution is -2.44. The van der Waals surface area contributed by atoms with Crippen LogP contribution in [0.2, 0.25) is 0 Å². The van der Waals surface area contributed by atoms with Gasteiger partial charge in [-0.1, -0.05) is 24.3 Å². The first-order valence-electron chi connectivity index (χ1n) is 13.8. The number of phenols is 1. The smallest absolute Gasteiger partial charge is 0.165 e. The molecule has 0 spiro atoms. The second-order valence-corrected chi connectivity index (χ2v) is 10.9. The third-order valence-corrected chi connectivity index (χ3v) is 7.68. The fraction of sp³-hybridized carbons (Fsp3) is 0.400. The van der Waals surface area contributed by atoms with Crippen LogP contribution >= 0.6 is 0 Å². The van der Waals surface area contributed by atoms with Crippen LogP contribution in [0.5, 0.6) is 5.75 Å². The largest absolute Gasteiger partial charge is 0.508 e. The monoisotopic (exact) mass is 526 g/mol. The van der Waals surface area contributed by atoms with Crippen LogP contribution in [0.3, 0.4) is 0 Å². The molecule has 2 fully saturated rings. The number of nitrogens with zero attached hydrogens (tertiary/aromatic N) is 7. The Balaban J connectivity index is 1.40. The molecule has 2 aliphatic heterocycles. The summed E-state index contributed by atoms with van der Waals surface area (Å²) >= 11 is 0. The van der Waals surface area contributed by atoms with Crippen molar-refractivity contribution in [2.24, 2.45) is 0 Å². The van der Waals surface area contributed by atoms with E-state index in [1.165, 1.54) is 5.69 Å². The zero-order chi connectivity index (χ0) is 26.9. The first kappa shape index (κ1) is 25.6. The van der Waals surface area contributed by atoms with Crippen molar-refractivity contribution in [3.8, 4) is 28.0 Å². The molecule has 6 rings (SSSR count). The highest BCUT2D eigenvalue weighted by atomic mass is 16.3. The van der Waals surface area contributed by atoms with Crippen LogP contribution in [0, 0.1) is 0 Å². The molecule has 0 saturated carbocycles. The second-order valence-electron chi connectivity index (χ2n) is 10.9. The summed E-state index contributed by atoms with van der Waals surface area (Å²) in [5.74, 6) is 1.32. The average molecular weight is 527 g/mol. The van der Waals surface area contributed by atoms with Gasteiger partial charge >= 0.3 is 0 Å². The van der Waals surface area contributed by atoms with Crippen molar-refractivity contribution in [1.29, 1.82) is 0 Å². The minimum absolute atomic E-state index is 0.258. The number of rotatable bonds is 9. The lowest BCUT2D eigenvalue weighted by Gasteiger charge is -2.34. The lowest BCUT2D eigenvalue weighted by atomic mass is 10.0. The predicted octanol–water partition coefficient (Wildman–Crippen LogP) is 2.99. The second kappa shape index (κ2) is 10.8. The Kier molecular flexibility index (Phi) is 7.12. The summed E-state index contributed by atoms with van der Waals surface area (Å²) in [6.07, 6.45) is 1.95. The van der Waals surface area contributed by atoms with Crippen LogP contribution in [0.1, 0.15) is 5.69 Å². The SMILES string of the molecule is CN(C)CCNCc1nc2c(-c3ccc(N4CCN(C)CC4)cc3)cnn2c(N2CC2)c1-c1ccc(O)cc1. The number of aromatic nitrogens is 3. The van der Waals surface area contributed by atoms with Gasteiger partial charge in [-0.05, 0) is 56.5 Å². The van der Waals surface area contributed by atoms with Gasteiger partial charge in [0.25, 0.3) is 0 Å². The molecule has 4 aromatic rings. The van der Waals surface area contributed by atoms with E-state index in [9.17, 15) is 5.11 Å². The molecule has 204 valence electrons. The minimum atomic E-state index is 0.258. The molecule has 9 heteroatoms. The molecule has 2 saturated heterocycles. The highest BCUT2D eigenvalue weighted by Crippen LogP contribution is 2.39. The van der Waals surface area contributed by atoms with Gasteiger partial charge in [-0.3, -0.25) is 0 Å². The van der Waals surface area contributed by atoms with Gasteiger partial charge in [-0.25, -0.2) is 4.98 Å². The number of fused-ring (bicyclic) bond motifs is 1. The highest BCUT2D eigenvalue weighted by Gasteiger charge is 2.29. The number of benzene rings is 2. The molecule has 0 unspecified atom stereocenters. The molecule has 2 aromatic heterocycles. The fourth-order valence-electron chi connectivity index (χ4n) is 5.26. The maximum atomic E-state index is 9.94. The number of hydrogen-bond acceptors (Lipinski definition) is 8. The van der Waals surface area contributed by atoms with E-state index in [0.717, 1.165) is 91.8 Å². The third-order valence-electron chi connectivity index (χ3n) is 7.68. The maximum Gasteiger partial charge on any atom is 0.165 e. The molecule has 0 aliphatic carbocycles. The molecule has 0 radical (unpaired) electrons. The van der Waals surface area contributed by atoms with Crippen LogP contribution in [-0.4, -0.2) is 103 Å². The van der Waals surface area contributed by atoms with Crippen molar-refractivity contribution in [2.45, 2.75) is 6.54 Å². The lowest BCUT2D eigenvalue weighted by molar-refractivity contribution is 0.313. The number of piperazine rings is 1. The van der Waals surface area contributed by atoms with Crippen LogP contribution in [0.4, 0.5) is 11.5 Å². The van der Waals surface area contributed by atoms with Gasteiger partial charge in [0.1, 0.15) is 11.6 Å². The van der Waals surface area contributed by atoms with Crippen molar-refractivity contribution in [3.63, 3.8) is 0 Å². The fourth-order valence-corrected chi connectivity index (χ4v) is 5.26. The van der Waals surface area contributed by atoms with Gasteiger partial charge < -0.3 is 30.0 Å². The summed E-state index contributed by atoms with van der Waals surface area (Å²) in [5.41, 5.74) is 7.38. The van der Waals surface area contributed by atoms with Crippen LogP contribution < -0.4 is 15.1 Å². The number of phenolic OH excluding ortho intramolecular Hbond substituents is 1. The molecule has 2 N–H and O–H groups in total. The number of likely N-dealkylation sites (N-methyl/N-ethyl adjacent to an activating group) is 2. The Morgan fingerprint density at radius 3 is 2.21 bits per heavy atom. The Morgan fingerprint density at radius 1 is 0.872 bits per heavy atom. The summed E-state index contributed by atoms with van der Waals surface area (Å²) in [6, 6.07) is 16.3. The van der Waals surface area contributed by atoms with Crippen molar-refractivity contribution < 1.29 is 5.11 Å². The summed E-state index contributed by atoms with van der Waals surface area (Å²) in [6.45, 7) is 8.74. The van der Waals surface area contributed by atoms with E-state index >= 15 is 0 Å². The molecule has 0 bridgehead atoms. The van der Waals surface area contributed by atoms with Gasteiger partial charge in [0.05, 0.1) is 11.9 Å². The Bertz CT molecular complexity index is 1420. The normalized spacial score (nSPS) is 16.0. The highest BCUT2D eigenvalue weighted by molar-refractivity contribution is 5.86. The Labute approximate surface area is 230 Å². The number of anilines is 2. The number of hydrogen-bond donors (Lipinski definition) is 2. The maximum absolute atomic E-state index is 9.94. The number of nitrogens with one attached hydrogen (secondary N) is 1. The quantitative estimate of drug-likeness (QED) is 0.255. The summed E-state index contributed by atoms with van der Waals surface area (Å²) < 4.78 is 2.00. The van der Waals surface area contributed by atoms with Gasteiger partial charge in [0.15, 0.2) is 5.65 Å². The van der Waals surface area contributed by atoms with Crippen molar-refractivity contribution in [2.75, 3.05) is 83.3 Å². The standard InChI is InChI=1S/C30H38N8O/c1-34(2)13-12-31-21-27-28(23-6-10-25(39)11-7-23)30(37-18-19-37)38-29(33-27)26(20-32-38)22-4-8-24(9-5-22)36-16-14-35(3)15-17-36/h4-11,20,31,39H,12-19,21H2,1-3H3. The van der Waals surface area contributed by atoms with E-state index in [1.807, 2.05) is 22.8 Å². The van der Waals surface area contributed by atoms with Gasteiger partial charge in [0.2, 0.25) is 0 Å². The van der Waals surface area contributed by atoms with Gasteiger partial charge in [-0.2, -0.15) is 9.61 Å². The zero-order valence-electron chi connectivity index (χ0n) is 23.1. The van der Waals surface area contributed by atoms with Gasteiger partial charge in [-0.15, -0.1) is 0 Å². The molecule has 2 aliphatic rings. The first-order chi connectivity index (χ1) is 19.0. The van der Waals surface area contributed by atoms with Crippen molar-refractivity contribution >= 4 is 17.2 Å². The summed E-state index contributed by atoms with van der Waals surface area (Å²) in [7, 11) is 6.35. The van der Waals surface area contributed by atoms with Crippen LogP contribution in [-0.2, 0) is 6.54 Å². The molecule has 4 heterocycles. The Hall–Kier alpha value is -3.66. The molecule has 0 amide bonds. The summed E-state index contributed by atoms with van der Waals surface area (Å²) in [4.78, 5) is 14.6. The van der Waals surface area contributed by atoms with E-state index in [1.54, 1.807) is 12.1 Å². The molecular formula is C30H38N8O. The van der Waals surface area contributed by atoms with Crippen molar-refractivity contribution in [3.05, 3.63) is 60.4 Å². The van der Waals surface area contributed by atoms with E-state index in [2.05, 4.69) is 70.3 Å². The zero-order valence-corrected chi connectivity index (χ0v) is 23.1. The van der Waals surface area contributed by atoms with Crippen molar-refractivity contribution in [1.82, 2.24) is 29.7 Å². The topological polar surface area (TPSA) is 75.2 Å².